The van der Waals surface area contributed by atoms with Crippen molar-refractivity contribution in [2.45, 2.75) is 13.5 Å². The molecule has 0 aromatic carbocycles. The fourth-order valence-electron chi connectivity index (χ4n) is 1.22. The number of anilines is 1. The Morgan fingerprint density at radius 1 is 1.53 bits per heavy atom. The van der Waals surface area contributed by atoms with Gasteiger partial charge >= 0.3 is 0 Å². The molecule has 0 atom stereocenters. The monoisotopic (exact) mass is 265 g/mol. The van der Waals surface area contributed by atoms with Crippen LogP contribution in [-0.2, 0) is 6.54 Å². The number of aromatic nitrogens is 3. The minimum absolute atomic E-state index is 0.235. The summed E-state index contributed by atoms with van der Waals surface area (Å²) in [5, 5.41) is 12.7. The molecular formula is C10H8ClN5S. The minimum atomic E-state index is 0.235. The van der Waals surface area contributed by atoms with Crippen LogP contribution in [0, 0.1) is 18.3 Å². The van der Waals surface area contributed by atoms with Gasteiger partial charge in [-0.25, -0.2) is 15.0 Å². The predicted molar refractivity (Wildman–Crippen MR) is 65.9 cm³/mol. The first-order valence-corrected chi connectivity index (χ1v) is 5.97. The molecule has 0 saturated carbocycles. The summed E-state index contributed by atoms with van der Waals surface area (Å²) >= 11 is 6.99. The van der Waals surface area contributed by atoms with Crippen LogP contribution in [0.25, 0.3) is 0 Å². The van der Waals surface area contributed by atoms with Crippen LogP contribution in [0.3, 0.4) is 0 Å². The second kappa shape index (κ2) is 5.08. The summed E-state index contributed by atoms with van der Waals surface area (Å²) < 4.78 is 0. The van der Waals surface area contributed by atoms with E-state index in [1.807, 2.05) is 19.1 Å². The minimum Gasteiger partial charge on any atom is -0.356 e. The largest absolute Gasteiger partial charge is 0.356 e. The SMILES string of the molecule is Cc1nccc(CNc2nc(Cl)c(C#N)s2)n1. The van der Waals surface area contributed by atoms with Crippen LogP contribution in [-0.4, -0.2) is 15.0 Å². The van der Waals surface area contributed by atoms with Gasteiger partial charge in [-0.3, -0.25) is 0 Å². The number of halogens is 1. The summed E-state index contributed by atoms with van der Waals surface area (Å²) in [5.74, 6) is 0.721. The third-order valence-electron chi connectivity index (χ3n) is 1.94. The average molecular weight is 266 g/mol. The second-order valence-electron chi connectivity index (χ2n) is 3.20. The topological polar surface area (TPSA) is 74.5 Å². The molecule has 5 nitrogen and oxygen atoms in total. The molecule has 2 heterocycles. The first kappa shape index (κ1) is 11.8. The molecule has 0 aliphatic heterocycles. The highest BCUT2D eigenvalue weighted by Gasteiger charge is 2.08. The highest BCUT2D eigenvalue weighted by atomic mass is 35.5. The van der Waals surface area contributed by atoms with Gasteiger partial charge in [0, 0.05) is 6.20 Å². The van der Waals surface area contributed by atoms with Crippen molar-refractivity contribution in [3.63, 3.8) is 0 Å². The van der Waals surface area contributed by atoms with Gasteiger partial charge in [0.1, 0.15) is 16.8 Å². The summed E-state index contributed by atoms with van der Waals surface area (Å²) in [6, 6.07) is 3.80. The first-order chi connectivity index (χ1) is 8.19. The number of aryl methyl sites for hydroxylation is 1. The molecule has 2 aromatic rings. The molecule has 0 aliphatic rings. The van der Waals surface area contributed by atoms with Gasteiger partial charge in [-0.2, -0.15) is 5.26 Å². The van der Waals surface area contributed by atoms with Crippen molar-refractivity contribution in [2.24, 2.45) is 0 Å². The standard InChI is InChI=1S/C10H8ClN5S/c1-6-13-3-2-7(15-6)5-14-10-16-9(11)8(4-12)17-10/h2-3H,5H2,1H3,(H,14,16). The van der Waals surface area contributed by atoms with Crippen molar-refractivity contribution >= 4 is 28.1 Å². The Morgan fingerprint density at radius 3 is 3.00 bits per heavy atom. The fraction of sp³-hybridized carbons (Fsp3) is 0.200. The van der Waals surface area contributed by atoms with Gasteiger partial charge in [-0.15, -0.1) is 0 Å². The van der Waals surface area contributed by atoms with Gasteiger partial charge in [0.05, 0.1) is 12.2 Å². The highest BCUT2D eigenvalue weighted by Crippen LogP contribution is 2.25. The van der Waals surface area contributed by atoms with Crippen LogP contribution in [0.5, 0.6) is 0 Å². The molecule has 0 amide bonds. The summed E-state index contributed by atoms with van der Waals surface area (Å²) in [6.45, 7) is 2.36. The van der Waals surface area contributed by atoms with Gasteiger partial charge in [0.25, 0.3) is 0 Å². The van der Waals surface area contributed by atoms with Crippen molar-refractivity contribution in [3.8, 4) is 6.07 Å². The van der Waals surface area contributed by atoms with Crippen LogP contribution < -0.4 is 5.32 Å². The Kier molecular flexibility index (Phi) is 3.52. The smallest absolute Gasteiger partial charge is 0.185 e. The molecule has 0 saturated heterocycles. The van der Waals surface area contributed by atoms with E-state index in [1.54, 1.807) is 6.20 Å². The van der Waals surface area contributed by atoms with Crippen molar-refractivity contribution in [3.05, 3.63) is 33.8 Å². The van der Waals surface area contributed by atoms with Crippen LogP contribution in [0.4, 0.5) is 5.13 Å². The number of hydrogen-bond donors (Lipinski definition) is 1. The molecule has 0 aliphatic carbocycles. The molecule has 2 rings (SSSR count). The zero-order chi connectivity index (χ0) is 12.3. The Hall–Kier alpha value is -1.71. The lowest BCUT2D eigenvalue weighted by molar-refractivity contribution is 0.953. The van der Waals surface area contributed by atoms with Gasteiger partial charge in [-0.05, 0) is 13.0 Å². The van der Waals surface area contributed by atoms with Crippen molar-refractivity contribution in [2.75, 3.05) is 5.32 Å². The number of nitrogens with one attached hydrogen (secondary N) is 1. The highest BCUT2D eigenvalue weighted by molar-refractivity contribution is 7.16. The Balaban J connectivity index is 2.05. The van der Waals surface area contributed by atoms with E-state index in [9.17, 15) is 0 Å². The number of nitriles is 1. The van der Waals surface area contributed by atoms with Gasteiger partial charge < -0.3 is 5.32 Å². The summed E-state index contributed by atoms with van der Waals surface area (Å²) in [5.41, 5.74) is 0.863. The zero-order valence-electron chi connectivity index (χ0n) is 8.94. The van der Waals surface area contributed by atoms with Crippen LogP contribution in [0.2, 0.25) is 5.15 Å². The molecule has 0 fully saturated rings. The zero-order valence-corrected chi connectivity index (χ0v) is 10.5. The summed E-state index contributed by atoms with van der Waals surface area (Å²) in [7, 11) is 0. The molecular weight excluding hydrogens is 258 g/mol. The Morgan fingerprint density at radius 2 is 2.35 bits per heavy atom. The van der Waals surface area contributed by atoms with E-state index in [2.05, 4.69) is 20.3 Å². The van der Waals surface area contributed by atoms with Crippen LogP contribution >= 0.6 is 22.9 Å². The number of hydrogen-bond acceptors (Lipinski definition) is 6. The average Bonchev–Trinajstić information content (AvgIpc) is 2.67. The quantitative estimate of drug-likeness (QED) is 0.922. The van der Waals surface area contributed by atoms with Gasteiger partial charge in [-0.1, -0.05) is 22.9 Å². The number of thiazole rings is 1. The van der Waals surface area contributed by atoms with Crippen molar-refractivity contribution in [1.29, 1.82) is 5.26 Å². The first-order valence-electron chi connectivity index (χ1n) is 4.78. The fourth-order valence-corrected chi connectivity index (χ4v) is 2.16. The van der Waals surface area contributed by atoms with Crippen molar-refractivity contribution in [1.82, 2.24) is 15.0 Å². The van der Waals surface area contributed by atoms with E-state index in [0.29, 0.717) is 16.6 Å². The molecule has 86 valence electrons. The lowest BCUT2D eigenvalue weighted by Gasteiger charge is -2.01. The predicted octanol–water partition coefficient (Wildman–Crippen LogP) is 2.38. The third-order valence-corrected chi connectivity index (χ3v) is 3.25. The molecule has 0 spiro atoms. The third kappa shape index (κ3) is 2.90. The van der Waals surface area contributed by atoms with Crippen LogP contribution in [0.1, 0.15) is 16.4 Å². The van der Waals surface area contributed by atoms with E-state index in [4.69, 9.17) is 16.9 Å². The maximum absolute atomic E-state index is 8.74. The van der Waals surface area contributed by atoms with E-state index < -0.39 is 0 Å². The maximum atomic E-state index is 8.74. The summed E-state index contributed by atoms with van der Waals surface area (Å²) in [4.78, 5) is 12.7. The van der Waals surface area contributed by atoms with Gasteiger partial charge in [0.2, 0.25) is 0 Å². The number of nitrogens with zero attached hydrogens (tertiary/aromatic N) is 4. The molecule has 2 aromatic heterocycles. The lowest BCUT2D eigenvalue weighted by Crippen LogP contribution is -2.02. The Bertz CT molecular complexity index is 574. The van der Waals surface area contributed by atoms with E-state index in [1.165, 1.54) is 11.3 Å². The van der Waals surface area contributed by atoms with Gasteiger partial charge in [0.15, 0.2) is 10.3 Å². The molecule has 0 unspecified atom stereocenters. The Labute approximate surface area is 107 Å². The van der Waals surface area contributed by atoms with E-state index >= 15 is 0 Å². The van der Waals surface area contributed by atoms with E-state index in [0.717, 1.165) is 11.5 Å². The molecule has 17 heavy (non-hydrogen) atoms. The molecule has 0 bridgehead atoms. The van der Waals surface area contributed by atoms with Crippen molar-refractivity contribution < 1.29 is 0 Å². The van der Waals surface area contributed by atoms with Crippen LogP contribution in [0.15, 0.2) is 12.3 Å². The molecule has 0 radical (unpaired) electrons. The lowest BCUT2D eigenvalue weighted by atomic mass is 10.4. The van der Waals surface area contributed by atoms with E-state index in [-0.39, 0.29) is 5.15 Å². The number of rotatable bonds is 3. The molecule has 7 heteroatoms. The summed E-state index contributed by atoms with van der Waals surface area (Å²) in [6.07, 6.45) is 1.70. The second-order valence-corrected chi connectivity index (χ2v) is 4.56. The molecule has 1 N–H and O–H groups in total. The normalized spacial score (nSPS) is 9.94. The maximum Gasteiger partial charge on any atom is 0.185 e.